The van der Waals surface area contributed by atoms with Crippen LogP contribution in [0.2, 0.25) is 0 Å². The van der Waals surface area contributed by atoms with E-state index in [0.717, 1.165) is 12.5 Å². The van der Waals surface area contributed by atoms with Crippen molar-refractivity contribution in [2.24, 2.45) is 0 Å². The topological polar surface area (TPSA) is 37.3 Å². The second-order valence-electron chi connectivity index (χ2n) is 3.26. The summed E-state index contributed by atoms with van der Waals surface area (Å²) in [5, 5.41) is 7.42. The highest BCUT2D eigenvalue weighted by molar-refractivity contribution is 5.62. The van der Waals surface area contributed by atoms with Gasteiger partial charge in [0.25, 0.3) is 5.97 Å². The normalized spacial score (nSPS) is 8.33. The summed E-state index contributed by atoms with van der Waals surface area (Å²) < 4.78 is 0. The van der Waals surface area contributed by atoms with Crippen molar-refractivity contribution in [2.45, 2.75) is 53.9 Å². The van der Waals surface area contributed by atoms with Crippen LogP contribution in [0.3, 0.4) is 0 Å². The van der Waals surface area contributed by atoms with Gasteiger partial charge in [-0.1, -0.05) is 57.9 Å². The molecule has 0 aromatic carbocycles. The van der Waals surface area contributed by atoms with Gasteiger partial charge in [0.2, 0.25) is 0 Å². The quantitative estimate of drug-likeness (QED) is 0.706. The first-order valence-corrected chi connectivity index (χ1v) is 5.43. The van der Waals surface area contributed by atoms with Gasteiger partial charge in [-0.15, -0.1) is 0 Å². The molecule has 0 unspecified atom stereocenters. The summed E-state index contributed by atoms with van der Waals surface area (Å²) in [4.78, 5) is 9.00. The van der Waals surface area contributed by atoms with Crippen molar-refractivity contribution in [1.82, 2.24) is 0 Å². The Bertz CT molecular complexity index is 165. The highest BCUT2D eigenvalue weighted by Crippen LogP contribution is 1.93. The zero-order valence-electron chi connectivity index (χ0n) is 10.8. The Morgan fingerprint density at radius 3 is 1.80 bits per heavy atom. The molecular weight excluding hydrogens is 188 g/mol. The van der Waals surface area contributed by atoms with Crippen LogP contribution in [0.4, 0.5) is 0 Å². The smallest absolute Gasteiger partial charge is 0.300 e. The molecule has 0 radical (unpaired) electrons. The van der Waals surface area contributed by atoms with Gasteiger partial charge in [0.1, 0.15) is 0 Å². The van der Waals surface area contributed by atoms with Gasteiger partial charge >= 0.3 is 0 Å². The van der Waals surface area contributed by atoms with Gasteiger partial charge in [0.05, 0.1) is 0 Å². The number of hydrogen-bond acceptors (Lipinski definition) is 1. The summed E-state index contributed by atoms with van der Waals surface area (Å²) in [5.74, 6) is -0.833. The fourth-order valence-corrected chi connectivity index (χ4v) is 0.451. The molecule has 0 fully saturated rings. The van der Waals surface area contributed by atoms with Crippen LogP contribution in [0.5, 0.6) is 0 Å². The second-order valence-corrected chi connectivity index (χ2v) is 3.26. The van der Waals surface area contributed by atoms with Crippen molar-refractivity contribution < 1.29 is 9.90 Å². The number of allylic oxidation sites excluding steroid dienone is 3. The lowest BCUT2D eigenvalue weighted by atomic mass is 10.2. The number of carboxylic acid groups (broad SMARTS) is 1. The van der Waals surface area contributed by atoms with Gasteiger partial charge in [-0.2, -0.15) is 0 Å². The number of unbranched alkanes of at least 4 members (excludes halogenated alkanes) is 1. The van der Waals surface area contributed by atoms with Crippen LogP contribution in [0.25, 0.3) is 0 Å². The van der Waals surface area contributed by atoms with E-state index in [2.05, 4.69) is 39.5 Å². The van der Waals surface area contributed by atoms with Gasteiger partial charge in [0, 0.05) is 6.92 Å². The maximum Gasteiger partial charge on any atom is 0.300 e. The maximum atomic E-state index is 9.00. The molecule has 2 heteroatoms. The average molecular weight is 214 g/mol. The van der Waals surface area contributed by atoms with Crippen LogP contribution in [0.15, 0.2) is 24.3 Å². The van der Waals surface area contributed by atoms with Crippen LogP contribution in [0, 0.1) is 0 Å². The highest BCUT2D eigenvalue weighted by atomic mass is 16.4. The SMILES string of the molecule is C=C(C)/C=C\CCC.CC(=O)O.CCC. The van der Waals surface area contributed by atoms with Crippen molar-refractivity contribution in [3.63, 3.8) is 0 Å². The molecule has 0 aromatic heterocycles. The molecule has 0 spiro atoms. The monoisotopic (exact) mass is 214 g/mol. The first kappa shape index (κ1) is 19.5. The largest absolute Gasteiger partial charge is 0.481 e. The van der Waals surface area contributed by atoms with Crippen molar-refractivity contribution >= 4 is 5.97 Å². The van der Waals surface area contributed by atoms with E-state index in [4.69, 9.17) is 9.90 Å². The number of aliphatic carboxylic acids is 1. The van der Waals surface area contributed by atoms with Crippen molar-refractivity contribution in [3.05, 3.63) is 24.3 Å². The minimum atomic E-state index is -0.833. The summed E-state index contributed by atoms with van der Waals surface area (Å²) >= 11 is 0. The molecule has 90 valence electrons. The fourth-order valence-electron chi connectivity index (χ4n) is 0.451. The third-order valence-electron chi connectivity index (χ3n) is 0.858. The minimum Gasteiger partial charge on any atom is -0.481 e. The fraction of sp³-hybridized carbons (Fsp3) is 0.615. The molecule has 0 heterocycles. The molecule has 15 heavy (non-hydrogen) atoms. The molecule has 2 nitrogen and oxygen atoms in total. The molecular formula is C13H26O2. The standard InChI is InChI=1S/C8H14.C3H8.C2H4O2/c1-4-5-6-7-8(2)3;1-3-2;1-2(3)4/h6-7H,2,4-5H2,1,3H3;3H2,1-2H3;1H3,(H,3,4)/b7-6-;;. The molecule has 0 aliphatic heterocycles. The zero-order valence-corrected chi connectivity index (χ0v) is 10.8. The zero-order chi connectivity index (χ0) is 12.7. The number of carbonyl (C=O) groups is 1. The Morgan fingerprint density at radius 1 is 1.27 bits per heavy atom. The Labute approximate surface area is 94.7 Å². The maximum absolute atomic E-state index is 9.00. The van der Waals surface area contributed by atoms with Crippen molar-refractivity contribution in [1.29, 1.82) is 0 Å². The molecule has 0 atom stereocenters. The van der Waals surface area contributed by atoms with Crippen molar-refractivity contribution in [3.8, 4) is 0 Å². The van der Waals surface area contributed by atoms with E-state index in [9.17, 15) is 0 Å². The van der Waals surface area contributed by atoms with Crippen LogP contribution in [-0.2, 0) is 4.79 Å². The molecule has 0 rings (SSSR count). The molecule has 0 aliphatic carbocycles. The van der Waals surface area contributed by atoms with Crippen LogP contribution in [-0.4, -0.2) is 11.1 Å². The Kier molecular flexibility index (Phi) is 24.3. The molecule has 0 saturated carbocycles. The molecule has 0 bridgehead atoms. The second kappa shape index (κ2) is 18.7. The van der Waals surface area contributed by atoms with Gasteiger partial charge in [-0.25, -0.2) is 0 Å². The van der Waals surface area contributed by atoms with Gasteiger partial charge in [-0.05, 0) is 13.3 Å². The lowest BCUT2D eigenvalue weighted by Gasteiger charge is -1.83. The number of carboxylic acids is 1. The first-order valence-electron chi connectivity index (χ1n) is 5.43. The van der Waals surface area contributed by atoms with Gasteiger partial charge < -0.3 is 5.11 Å². The lowest BCUT2D eigenvalue weighted by molar-refractivity contribution is -0.134. The van der Waals surface area contributed by atoms with Crippen molar-refractivity contribution in [2.75, 3.05) is 0 Å². The van der Waals surface area contributed by atoms with Crippen LogP contribution < -0.4 is 0 Å². The molecule has 0 aliphatic rings. The highest BCUT2D eigenvalue weighted by Gasteiger charge is 1.72. The molecule has 0 aromatic rings. The summed E-state index contributed by atoms with van der Waals surface area (Å²) in [6, 6.07) is 0. The van der Waals surface area contributed by atoms with Crippen LogP contribution >= 0.6 is 0 Å². The van der Waals surface area contributed by atoms with Crippen LogP contribution in [0.1, 0.15) is 53.9 Å². The number of rotatable bonds is 3. The summed E-state index contributed by atoms with van der Waals surface area (Å²) in [6.45, 7) is 13.2. The molecule has 0 saturated heterocycles. The summed E-state index contributed by atoms with van der Waals surface area (Å²) in [6.07, 6.45) is 7.86. The summed E-state index contributed by atoms with van der Waals surface area (Å²) in [7, 11) is 0. The van der Waals surface area contributed by atoms with Gasteiger partial charge in [0.15, 0.2) is 0 Å². The third-order valence-corrected chi connectivity index (χ3v) is 0.858. The number of hydrogen-bond donors (Lipinski definition) is 1. The average Bonchev–Trinajstić information content (AvgIpc) is 2.04. The third kappa shape index (κ3) is 99.5. The Morgan fingerprint density at radius 2 is 1.60 bits per heavy atom. The minimum absolute atomic E-state index is 0.833. The van der Waals surface area contributed by atoms with Gasteiger partial charge in [-0.3, -0.25) is 4.79 Å². The molecule has 1 N–H and O–H groups in total. The summed E-state index contributed by atoms with van der Waals surface area (Å²) in [5.41, 5.74) is 1.14. The lowest BCUT2D eigenvalue weighted by Crippen LogP contribution is -1.78. The first-order chi connectivity index (χ1) is 6.92. The van der Waals surface area contributed by atoms with E-state index >= 15 is 0 Å². The van der Waals surface area contributed by atoms with E-state index in [1.165, 1.54) is 19.3 Å². The van der Waals surface area contributed by atoms with E-state index < -0.39 is 5.97 Å². The van der Waals surface area contributed by atoms with E-state index in [0.29, 0.717) is 0 Å². The predicted molar refractivity (Wildman–Crippen MR) is 68.1 cm³/mol. The Hall–Kier alpha value is -1.05. The Balaban J connectivity index is -0.000000173. The van der Waals surface area contributed by atoms with E-state index in [-0.39, 0.29) is 0 Å². The van der Waals surface area contributed by atoms with E-state index in [1.807, 2.05) is 6.92 Å². The predicted octanol–water partition coefficient (Wildman–Crippen LogP) is 4.43. The van der Waals surface area contributed by atoms with E-state index in [1.54, 1.807) is 0 Å². The molecule has 0 amide bonds.